The lowest BCUT2D eigenvalue weighted by Crippen LogP contribution is -2.03. The Hall–Kier alpha value is -1.64. The fraction of sp³-hybridized carbons (Fsp3) is 0.429. The van der Waals surface area contributed by atoms with Gasteiger partial charge in [-0.15, -0.1) is 0 Å². The third-order valence-corrected chi connectivity index (χ3v) is 2.86. The van der Waals surface area contributed by atoms with Gasteiger partial charge in [0, 0.05) is 6.20 Å². The lowest BCUT2D eigenvalue weighted by atomic mass is 9.90. The van der Waals surface area contributed by atoms with Gasteiger partial charge in [0.1, 0.15) is 12.0 Å². The molecule has 0 radical (unpaired) electrons. The molecular formula is C14H18N2O. The van der Waals surface area contributed by atoms with Gasteiger partial charge in [0.15, 0.2) is 0 Å². The maximum atomic E-state index is 5.37. The smallest absolute Gasteiger partial charge is 0.245 e. The molecule has 0 aliphatic rings. The first-order chi connectivity index (χ1) is 8.11. The molecule has 2 heterocycles. The summed E-state index contributed by atoms with van der Waals surface area (Å²) < 4.78 is 5.37. The summed E-state index contributed by atoms with van der Waals surface area (Å²) in [6.07, 6.45) is 5.08. The molecule has 2 aromatic rings. The van der Waals surface area contributed by atoms with E-state index in [-0.39, 0.29) is 0 Å². The lowest BCUT2D eigenvalue weighted by Gasteiger charge is -2.17. The van der Waals surface area contributed by atoms with Gasteiger partial charge in [-0.25, -0.2) is 4.98 Å². The van der Waals surface area contributed by atoms with Gasteiger partial charge in [-0.1, -0.05) is 27.7 Å². The Morgan fingerprint density at radius 2 is 1.76 bits per heavy atom. The molecule has 3 nitrogen and oxygen atoms in total. The van der Waals surface area contributed by atoms with E-state index >= 15 is 0 Å². The summed E-state index contributed by atoms with van der Waals surface area (Å²) >= 11 is 0. The SMILES string of the molecule is CC(C)c1ccnc(-c2ncco2)c1C(C)C. The van der Waals surface area contributed by atoms with E-state index in [1.807, 2.05) is 6.20 Å². The van der Waals surface area contributed by atoms with Gasteiger partial charge in [0.2, 0.25) is 5.89 Å². The van der Waals surface area contributed by atoms with Gasteiger partial charge in [0.05, 0.1) is 6.20 Å². The average molecular weight is 230 g/mol. The maximum absolute atomic E-state index is 5.37. The zero-order chi connectivity index (χ0) is 12.4. The molecule has 0 bridgehead atoms. The van der Waals surface area contributed by atoms with E-state index in [1.165, 1.54) is 11.1 Å². The summed E-state index contributed by atoms with van der Waals surface area (Å²) in [7, 11) is 0. The monoisotopic (exact) mass is 230 g/mol. The van der Waals surface area contributed by atoms with Crippen molar-refractivity contribution in [2.24, 2.45) is 0 Å². The minimum atomic E-state index is 0.406. The molecule has 0 N–H and O–H groups in total. The average Bonchev–Trinajstić information content (AvgIpc) is 2.81. The molecule has 0 aliphatic carbocycles. The Labute approximate surface area is 102 Å². The number of nitrogens with zero attached hydrogens (tertiary/aromatic N) is 2. The van der Waals surface area contributed by atoms with Gasteiger partial charge in [0.25, 0.3) is 0 Å². The molecule has 0 fully saturated rings. The summed E-state index contributed by atoms with van der Waals surface area (Å²) in [5, 5.41) is 0. The van der Waals surface area contributed by atoms with Crippen LogP contribution in [0.2, 0.25) is 0 Å². The first-order valence-electron chi connectivity index (χ1n) is 6.00. The van der Waals surface area contributed by atoms with Crippen molar-refractivity contribution < 1.29 is 4.42 Å². The van der Waals surface area contributed by atoms with Crippen LogP contribution < -0.4 is 0 Å². The predicted molar refractivity (Wildman–Crippen MR) is 67.9 cm³/mol. The molecule has 3 heteroatoms. The number of hydrogen-bond acceptors (Lipinski definition) is 3. The molecule has 17 heavy (non-hydrogen) atoms. The molecule has 90 valence electrons. The predicted octanol–water partition coefficient (Wildman–Crippen LogP) is 3.98. The molecule has 0 aromatic carbocycles. The molecule has 0 spiro atoms. The molecule has 2 rings (SSSR count). The third-order valence-electron chi connectivity index (χ3n) is 2.86. The number of hydrogen-bond donors (Lipinski definition) is 0. The largest absolute Gasteiger partial charge is 0.443 e. The number of pyridine rings is 1. The number of aromatic nitrogens is 2. The molecule has 0 saturated heterocycles. The van der Waals surface area contributed by atoms with E-state index in [9.17, 15) is 0 Å². The number of rotatable bonds is 3. The Morgan fingerprint density at radius 1 is 1.00 bits per heavy atom. The molecule has 2 aromatic heterocycles. The van der Waals surface area contributed by atoms with Gasteiger partial charge >= 0.3 is 0 Å². The Bertz CT molecular complexity index is 487. The first kappa shape index (κ1) is 11.8. The summed E-state index contributed by atoms with van der Waals surface area (Å²) in [4.78, 5) is 8.63. The van der Waals surface area contributed by atoms with E-state index in [1.54, 1.807) is 12.5 Å². The van der Waals surface area contributed by atoms with Crippen molar-refractivity contribution in [2.75, 3.05) is 0 Å². The van der Waals surface area contributed by atoms with Crippen LogP contribution in [0.5, 0.6) is 0 Å². The summed E-state index contributed by atoms with van der Waals surface area (Å²) in [6, 6.07) is 2.09. The third kappa shape index (κ3) is 2.23. The second kappa shape index (κ2) is 4.70. The molecular weight excluding hydrogens is 212 g/mol. The highest BCUT2D eigenvalue weighted by Gasteiger charge is 2.18. The zero-order valence-electron chi connectivity index (χ0n) is 10.8. The molecule has 0 aliphatic heterocycles. The van der Waals surface area contributed by atoms with Crippen molar-refractivity contribution in [3.05, 3.63) is 35.9 Å². The Balaban J connectivity index is 2.63. The first-order valence-corrected chi connectivity index (χ1v) is 6.00. The highest BCUT2D eigenvalue weighted by molar-refractivity contribution is 5.57. The zero-order valence-corrected chi connectivity index (χ0v) is 10.8. The van der Waals surface area contributed by atoms with Gasteiger partial charge in [-0.2, -0.15) is 0 Å². The Kier molecular flexibility index (Phi) is 3.27. The van der Waals surface area contributed by atoms with Crippen LogP contribution in [0.4, 0.5) is 0 Å². The topological polar surface area (TPSA) is 38.9 Å². The summed E-state index contributed by atoms with van der Waals surface area (Å²) in [5.74, 6) is 1.49. The highest BCUT2D eigenvalue weighted by atomic mass is 16.3. The Morgan fingerprint density at radius 3 is 2.29 bits per heavy atom. The number of oxazole rings is 1. The van der Waals surface area contributed by atoms with Crippen LogP contribution in [0.15, 0.2) is 29.1 Å². The standard InChI is InChI=1S/C14H18N2O/c1-9(2)11-5-6-15-13(12(11)10(3)4)14-16-7-8-17-14/h5-10H,1-4H3. The molecule has 0 atom stereocenters. The van der Waals surface area contributed by atoms with Crippen molar-refractivity contribution in [1.82, 2.24) is 9.97 Å². The van der Waals surface area contributed by atoms with Crippen LogP contribution in [0, 0.1) is 0 Å². The second-order valence-electron chi connectivity index (χ2n) is 4.81. The van der Waals surface area contributed by atoms with E-state index in [4.69, 9.17) is 4.42 Å². The normalized spacial score (nSPS) is 11.4. The van der Waals surface area contributed by atoms with Crippen molar-refractivity contribution in [3.63, 3.8) is 0 Å². The van der Waals surface area contributed by atoms with Gasteiger partial charge in [-0.05, 0) is 29.0 Å². The molecule has 0 amide bonds. The minimum Gasteiger partial charge on any atom is -0.443 e. The van der Waals surface area contributed by atoms with Crippen molar-refractivity contribution in [3.8, 4) is 11.6 Å². The van der Waals surface area contributed by atoms with E-state index < -0.39 is 0 Å². The maximum Gasteiger partial charge on any atom is 0.245 e. The van der Waals surface area contributed by atoms with Crippen LogP contribution in [0.1, 0.15) is 50.7 Å². The highest BCUT2D eigenvalue weighted by Crippen LogP contribution is 2.32. The van der Waals surface area contributed by atoms with Crippen molar-refractivity contribution in [2.45, 2.75) is 39.5 Å². The van der Waals surface area contributed by atoms with Crippen molar-refractivity contribution in [1.29, 1.82) is 0 Å². The van der Waals surface area contributed by atoms with Crippen LogP contribution in [0.25, 0.3) is 11.6 Å². The molecule has 0 unspecified atom stereocenters. The van der Waals surface area contributed by atoms with Crippen LogP contribution >= 0.6 is 0 Å². The fourth-order valence-electron chi connectivity index (χ4n) is 2.11. The fourth-order valence-corrected chi connectivity index (χ4v) is 2.11. The quantitative estimate of drug-likeness (QED) is 0.800. The van der Waals surface area contributed by atoms with Crippen LogP contribution in [-0.2, 0) is 0 Å². The van der Waals surface area contributed by atoms with Gasteiger partial charge in [-0.3, -0.25) is 4.98 Å². The second-order valence-corrected chi connectivity index (χ2v) is 4.81. The summed E-state index contributed by atoms with van der Waals surface area (Å²) in [5.41, 5.74) is 3.43. The van der Waals surface area contributed by atoms with Crippen molar-refractivity contribution >= 4 is 0 Å². The van der Waals surface area contributed by atoms with Crippen LogP contribution in [0.3, 0.4) is 0 Å². The minimum absolute atomic E-state index is 0.406. The molecule has 0 saturated carbocycles. The summed E-state index contributed by atoms with van der Waals surface area (Å²) in [6.45, 7) is 8.74. The van der Waals surface area contributed by atoms with E-state index in [0.717, 1.165) is 5.69 Å². The van der Waals surface area contributed by atoms with E-state index in [0.29, 0.717) is 17.7 Å². The van der Waals surface area contributed by atoms with Gasteiger partial charge < -0.3 is 4.42 Å². The van der Waals surface area contributed by atoms with Crippen LogP contribution in [-0.4, -0.2) is 9.97 Å². The lowest BCUT2D eigenvalue weighted by molar-refractivity contribution is 0.569. The van der Waals surface area contributed by atoms with E-state index in [2.05, 4.69) is 43.7 Å².